The minimum Gasteiger partial charge on any atom is -0.410 e. The zero-order chi connectivity index (χ0) is 20.4. The number of anilines is 1. The number of amides is 1. The van der Waals surface area contributed by atoms with E-state index in [4.69, 9.17) is 4.74 Å². The van der Waals surface area contributed by atoms with Crippen LogP contribution in [0.15, 0.2) is 54.9 Å². The molecule has 2 aromatic heterocycles. The topological polar surface area (TPSA) is 58.6 Å². The van der Waals surface area contributed by atoms with Gasteiger partial charge < -0.3 is 14.5 Å². The monoisotopic (exact) mass is 402 g/mol. The molecule has 9 heteroatoms. The van der Waals surface area contributed by atoms with Crippen molar-refractivity contribution < 1.29 is 22.7 Å². The van der Waals surface area contributed by atoms with Gasteiger partial charge in [-0.25, -0.2) is 9.78 Å². The maximum atomic E-state index is 12.7. The van der Waals surface area contributed by atoms with Gasteiger partial charge in [0.2, 0.25) is 0 Å². The van der Waals surface area contributed by atoms with E-state index in [0.717, 1.165) is 23.2 Å². The van der Waals surface area contributed by atoms with Gasteiger partial charge >= 0.3 is 12.3 Å². The summed E-state index contributed by atoms with van der Waals surface area (Å²) in [6.07, 6.45) is -2.39. The Kier molecular flexibility index (Phi) is 4.96. The number of hydrogen-bond donors (Lipinski definition) is 0. The Bertz CT molecular complexity index is 1020. The minimum absolute atomic E-state index is 0.382. The zero-order valence-electron chi connectivity index (χ0n) is 15.3. The lowest BCUT2D eigenvalue weighted by Crippen LogP contribution is -2.49. The van der Waals surface area contributed by atoms with Gasteiger partial charge in [0.1, 0.15) is 11.6 Å². The summed E-state index contributed by atoms with van der Waals surface area (Å²) < 4.78 is 43.4. The number of hydrogen-bond acceptors (Lipinski definition) is 5. The first-order valence-corrected chi connectivity index (χ1v) is 9.00. The van der Waals surface area contributed by atoms with Gasteiger partial charge in [0.15, 0.2) is 0 Å². The van der Waals surface area contributed by atoms with Crippen LogP contribution in [-0.4, -0.2) is 47.1 Å². The molecule has 1 amide bonds. The van der Waals surface area contributed by atoms with Crippen LogP contribution in [0.1, 0.15) is 5.56 Å². The molecule has 0 spiro atoms. The van der Waals surface area contributed by atoms with E-state index in [1.54, 1.807) is 23.2 Å². The van der Waals surface area contributed by atoms with E-state index in [0.29, 0.717) is 37.7 Å². The Morgan fingerprint density at radius 3 is 2.48 bits per heavy atom. The molecular weight excluding hydrogens is 385 g/mol. The molecule has 3 aromatic rings. The molecule has 0 saturated carbocycles. The summed E-state index contributed by atoms with van der Waals surface area (Å²) in [6.45, 7) is 1.67. The second kappa shape index (κ2) is 7.57. The number of benzene rings is 1. The predicted octanol–water partition coefficient (Wildman–Crippen LogP) is 3.97. The third-order valence-corrected chi connectivity index (χ3v) is 4.72. The van der Waals surface area contributed by atoms with Gasteiger partial charge in [-0.3, -0.25) is 4.98 Å². The fraction of sp³-hybridized carbons (Fsp3) is 0.250. The van der Waals surface area contributed by atoms with E-state index < -0.39 is 17.8 Å². The Hall–Kier alpha value is -3.36. The van der Waals surface area contributed by atoms with Crippen molar-refractivity contribution in [1.29, 1.82) is 0 Å². The molecule has 1 aliphatic heterocycles. The molecule has 29 heavy (non-hydrogen) atoms. The summed E-state index contributed by atoms with van der Waals surface area (Å²) in [5, 5.41) is 0.949. The van der Waals surface area contributed by atoms with E-state index >= 15 is 0 Å². The SMILES string of the molecule is O=C(Oc1ccc2cccnc2c1)N1CCN(c2ccc(C(F)(F)F)cn2)CC1. The average molecular weight is 402 g/mol. The number of carbonyl (C=O) groups is 1. The van der Waals surface area contributed by atoms with Crippen molar-refractivity contribution in [2.75, 3.05) is 31.1 Å². The molecule has 0 radical (unpaired) electrons. The van der Waals surface area contributed by atoms with E-state index in [9.17, 15) is 18.0 Å². The van der Waals surface area contributed by atoms with Crippen LogP contribution in [0.25, 0.3) is 10.9 Å². The standard InChI is InChI=1S/C20H17F3N4O2/c21-20(22,23)15-4-6-18(25-13-15)26-8-10-27(11-9-26)19(28)29-16-5-3-14-2-1-7-24-17(14)12-16/h1-7,12-13H,8-11H2. The van der Waals surface area contributed by atoms with Gasteiger partial charge in [0, 0.05) is 50.0 Å². The largest absolute Gasteiger partial charge is 0.417 e. The summed E-state index contributed by atoms with van der Waals surface area (Å²) >= 11 is 0. The molecule has 0 aliphatic carbocycles. The lowest BCUT2D eigenvalue weighted by atomic mass is 10.2. The first-order valence-electron chi connectivity index (χ1n) is 9.00. The number of rotatable bonds is 2. The third-order valence-electron chi connectivity index (χ3n) is 4.72. The van der Waals surface area contributed by atoms with E-state index in [1.165, 1.54) is 6.07 Å². The molecule has 1 aromatic carbocycles. The molecule has 1 saturated heterocycles. The number of pyridine rings is 2. The molecule has 0 bridgehead atoms. The summed E-state index contributed by atoms with van der Waals surface area (Å²) in [5.74, 6) is 0.861. The number of ether oxygens (including phenoxy) is 1. The Labute approximate surface area is 164 Å². The molecule has 150 valence electrons. The zero-order valence-corrected chi connectivity index (χ0v) is 15.3. The van der Waals surface area contributed by atoms with Crippen LogP contribution in [-0.2, 0) is 6.18 Å². The number of piperazine rings is 1. The third kappa shape index (κ3) is 4.23. The van der Waals surface area contributed by atoms with Crippen LogP contribution in [0, 0.1) is 0 Å². The predicted molar refractivity (Wildman–Crippen MR) is 101 cm³/mol. The number of nitrogens with zero attached hydrogens (tertiary/aromatic N) is 4. The van der Waals surface area contributed by atoms with E-state index in [2.05, 4.69) is 9.97 Å². The van der Waals surface area contributed by atoms with Gasteiger partial charge in [0.05, 0.1) is 11.1 Å². The van der Waals surface area contributed by atoms with Crippen molar-refractivity contribution in [3.8, 4) is 5.75 Å². The highest BCUT2D eigenvalue weighted by Gasteiger charge is 2.31. The second-order valence-corrected chi connectivity index (χ2v) is 6.60. The smallest absolute Gasteiger partial charge is 0.410 e. The number of alkyl halides is 3. The summed E-state index contributed by atoms with van der Waals surface area (Å²) in [6, 6.07) is 11.4. The van der Waals surface area contributed by atoms with Crippen LogP contribution in [0.5, 0.6) is 5.75 Å². The lowest BCUT2D eigenvalue weighted by Gasteiger charge is -2.34. The molecular formula is C20H17F3N4O2. The summed E-state index contributed by atoms with van der Waals surface area (Å²) in [4.78, 5) is 24.0. The number of aromatic nitrogens is 2. The van der Waals surface area contributed by atoms with Crippen molar-refractivity contribution in [2.45, 2.75) is 6.18 Å². The minimum atomic E-state index is -4.41. The number of fused-ring (bicyclic) bond motifs is 1. The highest BCUT2D eigenvalue weighted by Crippen LogP contribution is 2.29. The fourth-order valence-electron chi connectivity index (χ4n) is 3.13. The number of halogens is 3. The molecule has 0 unspecified atom stereocenters. The Balaban J connectivity index is 1.35. The van der Waals surface area contributed by atoms with Crippen molar-refractivity contribution in [2.24, 2.45) is 0 Å². The van der Waals surface area contributed by atoms with Crippen LogP contribution >= 0.6 is 0 Å². The van der Waals surface area contributed by atoms with Crippen molar-refractivity contribution in [3.05, 3.63) is 60.4 Å². The number of carbonyl (C=O) groups excluding carboxylic acids is 1. The average Bonchev–Trinajstić information content (AvgIpc) is 2.73. The molecule has 6 nitrogen and oxygen atoms in total. The molecule has 3 heterocycles. The summed E-state index contributed by atoms with van der Waals surface area (Å²) in [5.41, 5.74) is -0.0515. The van der Waals surface area contributed by atoms with Crippen LogP contribution in [0.3, 0.4) is 0 Å². The van der Waals surface area contributed by atoms with E-state index in [1.807, 2.05) is 23.1 Å². The molecule has 0 atom stereocenters. The van der Waals surface area contributed by atoms with Gasteiger partial charge in [-0.1, -0.05) is 6.07 Å². The molecule has 4 rings (SSSR count). The van der Waals surface area contributed by atoms with E-state index in [-0.39, 0.29) is 0 Å². The summed E-state index contributed by atoms with van der Waals surface area (Å²) in [7, 11) is 0. The first-order chi connectivity index (χ1) is 13.9. The molecule has 1 fully saturated rings. The van der Waals surface area contributed by atoms with Crippen molar-refractivity contribution in [1.82, 2.24) is 14.9 Å². The Morgan fingerprint density at radius 2 is 1.79 bits per heavy atom. The second-order valence-electron chi connectivity index (χ2n) is 6.60. The van der Waals surface area contributed by atoms with Gasteiger partial charge in [-0.15, -0.1) is 0 Å². The lowest BCUT2D eigenvalue weighted by molar-refractivity contribution is -0.137. The molecule has 0 N–H and O–H groups in total. The maximum Gasteiger partial charge on any atom is 0.417 e. The highest BCUT2D eigenvalue weighted by molar-refractivity contribution is 5.81. The van der Waals surface area contributed by atoms with Crippen LogP contribution in [0.4, 0.5) is 23.8 Å². The van der Waals surface area contributed by atoms with Gasteiger partial charge in [-0.05, 0) is 30.3 Å². The van der Waals surface area contributed by atoms with Crippen molar-refractivity contribution >= 4 is 22.8 Å². The fourth-order valence-corrected chi connectivity index (χ4v) is 3.13. The van der Waals surface area contributed by atoms with Crippen LogP contribution < -0.4 is 9.64 Å². The quantitative estimate of drug-likeness (QED) is 0.649. The van der Waals surface area contributed by atoms with Gasteiger partial charge in [0.25, 0.3) is 0 Å². The molecule has 1 aliphatic rings. The highest BCUT2D eigenvalue weighted by atomic mass is 19.4. The maximum absolute atomic E-state index is 12.7. The van der Waals surface area contributed by atoms with Crippen LogP contribution in [0.2, 0.25) is 0 Å². The van der Waals surface area contributed by atoms with Gasteiger partial charge in [-0.2, -0.15) is 13.2 Å². The normalized spacial score (nSPS) is 14.9. The van der Waals surface area contributed by atoms with Crippen molar-refractivity contribution in [3.63, 3.8) is 0 Å². The Morgan fingerprint density at radius 1 is 1.00 bits per heavy atom. The first kappa shape index (κ1) is 19.0.